The highest BCUT2D eigenvalue weighted by Crippen LogP contribution is 2.11. The predicted octanol–water partition coefficient (Wildman–Crippen LogP) is 3.57. The van der Waals surface area contributed by atoms with Gasteiger partial charge in [0.2, 0.25) is 9.05 Å². The average molecular weight is 285 g/mol. The molecule has 0 saturated carbocycles. The van der Waals surface area contributed by atoms with E-state index in [1.165, 1.54) is 25.7 Å². The predicted molar refractivity (Wildman–Crippen MR) is 73.0 cm³/mol. The van der Waals surface area contributed by atoms with E-state index in [2.05, 4.69) is 6.92 Å². The molecule has 0 spiro atoms. The lowest BCUT2D eigenvalue weighted by Gasteiger charge is -2.13. The summed E-state index contributed by atoms with van der Waals surface area (Å²) in [5.41, 5.74) is 0. The van der Waals surface area contributed by atoms with Crippen LogP contribution < -0.4 is 0 Å². The van der Waals surface area contributed by atoms with Crippen LogP contribution in [-0.2, 0) is 13.8 Å². The van der Waals surface area contributed by atoms with Crippen molar-refractivity contribution in [2.75, 3.05) is 19.0 Å². The summed E-state index contributed by atoms with van der Waals surface area (Å²) >= 11 is 0. The molecule has 17 heavy (non-hydrogen) atoms. The van der Waals surface area contributed by atoms with Crippen LogP contribution in [0, 0.1) is 5.92 Å². The van der Waals surface area contributed by atoms with Gasteiger partial charge in [0.25, 0.3) is 0 Å². The van der Waals surface area contributed by atoms with Crippen LogP contribution in [-0.4, -0.2) is 27.4 Å². The molecule has 3 nitrogen and oxygen atoms in total. The summed E-state index contributed by atoms with van der Waals surface area (Å²) < 4.78 is 27.3. The second-order valence-electron chi connectivity index (χ2n) is 4.47. The zero-order valence-electron chi connectivity index (χ0n) is 11.0. The third-order valence-electron chi connectivity index (χ3n) is 2.76. The van der Waals surface area contributed by atoms with Gasteiger partial charge in [0.1, 0.15) is 0 Å². The molecule has 0 N–H and O–H groups in total. The van der Waals surface area contributed by atoms with Crippen molar-refractivity contribution < 1.29 is 13.2 Å². The molecule has 0 aromatic heterocycles. The largest absolute Gasteiger partial charge is 0.381 e. The number of ether oxygens (including phenoxy) is 1. The van der Waals surface area contributed by atoms with Crippen molar-refractivity contribution in [3.63, 3.8) is 0 Å². The molecule has 0 amide bonds. The molecule has 0 rings (SSSR count). The van der Waals surface area contributed by atoms with Crippen LogP contribution in [0.1, 0.15) is 52.4 Å². The monoisotopic (exact) mass is 284 g/mol. The van der Waals surface area contributed by atoms with Crippen LogP contribution in [0.4, 0.5) is 0 Å². The minimum Gasteiger partial charge on any atom is -0.381 e. The average Bonchev–Trinajstić information content (AvgIpc) is 2.24. The molecular formula is C12H25ClO3S. The highest BCUT2D eigenvalue weighted by molar-refractivity contribution is 8.13. The second kappa shape index (κ2) is 10.2. The van der Waals surface area contributed by atoms with Gasteiger partial charge in [-0.15, -0.1) is 0 Å². The van der Waals surface area contributed by atoms with Crippen molar-refractivity contribution >= 4 is 19.7 Å². The summed E-state index contributed by atoms with van der Waals surface area (Å²) in [6.07, 6.45) is 6.81. The molecule has 0 radical (unpaired) electrons. The van der Waals surface area contributed by atoms with Crippen LogP contribution in [0.15, 0.2) is 0 Å². The van der Waals surface area contributed by atoms with Gasteiger partial charge < -0.3 is 4.74 Å². The lowest BCUT2D eigenvalue weighted by molar-refractivity contribution is 0.101. The molecule has 0 aromatic carbocycles. The fraction of sp³-hybridized carbons (Fsp3) is 1.00. The summed E-state index contributed by atoms with van der Waals surface area (Å²) in [6.45, 7) is 5.37. The van der Waals surface area contributed by atoms with E-state index < -0.39 is 9.05 Å². The minimum absolute atomic E-state index is 0.0148. The van der Waals surface area contributed by atoms with Crippen molar-refractivity contribution in [2.45, 2.75) is 52.4 Å². The van der Waals surface area contributed by atoms with E-state index >= 15 is 0 Å². The quantitative estimate of drug-likeness (QED) is 0.430. The van der Waals surface area contributed by atoms with E-state index in [-0.39, 0.29) is 11.7 Å². The molecular weight excluding hydrogens is 260 g/mol. The summed E-state index contributed by atoms with van der Waals surface area (Å²) in [5, 5.41) is 0. The van der Waals surface area contributed by atoms with Gasteiger partial charge in [-0.1, -0.05) is 46.0 Å². The maximum Gasteiger partial charge on any atom is 0.232 e. The smallest absolute Gasteiger partial charge is 0.232 e. The van der Waals surface area contributed by atoms with Gasteiger partial charge >= 0.3 is 0 Å². The SMILES string of the molecule is CCCCCCCOCC(CC)CS(=O)(=O)Cl. The van der Waals surface area contributed by atoms with Crippen LogP contribution in [0.3, 0.4) is 0 Å². The molecule has 0 bridgehead atoms. The van der Waals surface area contributed by atoms with E-state index in [1.54, 1.807) is 0 Å². The summed E-state index contributed by atoms with van der Waals surface area (Å²) in [4.78, 5) is 0. The maximum atomic E-state index is 10.9. The molecule has 0 aliphatic rings. The van der Waals surface area contributed by atoms with Crippen molar-refractivity contribution in [3.8, 4) is 0 Å². The van der Waals surface area contributed by atoms with E-state index in [4.69, 9.17) is 15.4 Å². The molecule has 0 saturated heterocycles. The van der Waals surface area contributed by atoms with Gasteiger partial charge in [0, 0.05) is 17.3 Å². The molecule has 1 unspecified atom stereocenters. The molecule has 104 valence electrons. The van der Waals surface area contributed by atoms with Crippen molar-refractivity contribution in [1.29, 1.82) is 0 Å². The normalized spacial score (nSPS) is 13.8. The van der Waals surface area contributed by atoms with Gasteiger partial charge in [-0.3, -0.25) is 0 Å². The Balaban J connectivity index is 3.50. The van der Waals surface area contributed by atoms with Crippen LogP contribution in [0.25, 0.3) is 0 Å². The first-order valence-corrected chi connectivity index (χ1v) is 8.97. The van der Waals surface area contributed by atoms with Crippen LogP contribution in [0.5, 0.6) is 0 Å². The molecule has 0 aliphatic heterocycles. The van der Waals surface area contributed by atoms with Crippen LogP contribution in [0.2, 0.25) is 0 Å². The Kier molecular flexibility index (Phi) is 10.3. The standard InChI is InChI=1S/C12H25ClO3S/c1-3-5-6-7-8-9-16-10-12(4-2)11-17(13,14)15/h12H,3-11H2,1-2H3. The Morgan fingerprint density at radius 2 is 1.76 bits per heavy atom. The highest BCUT2D eigenvalue weighted by atomic mass is 35.7. The minimum atomic E-state index is -3.40. The number of hydrogen-bond acceptors (Lipinski definition) is 3. The third kappa shape index (κ3) is 12.4. The first-order chi connectivity index (χ1) is 7.99. The topological polar surface area (TPSA) is 43.4 Å². The highest BCUT2D eigenvalue weighted by Gasteiger charge is 2.15. The second-order valence-corrected chi connectivity index (χ2v) is 7.29. The lowest BCUT2D eigenvalue weighted by atomic mass is 10.1. The molecule has 0 aliphatic carbocycles. The molecule has 0 fully saturated rings. The van der Waals surface area contributed by atoms with Crippen molar-refractivity contribution in [1.82, 2.24) is 0 Å². The summed E-state index contributed by atoms with van der Waals surface area (Å²) in [6, 6.07) is 0. The molecule has 0 aromatic rings. The lowest BCUT2D eigenvalue weighted by Crippen LogP contribution is -2.17. The summed E-state index contributed by atoms with van der Waals surface area (Å²) in [5.74, 6) is 0.0362. The number of unbranched alkanes of at least 4 members (excludes halogenated alkanes) is 4. The molecule has 0 heterocycles. The first-order valence-electron chi connectivity index (χ1n) is 6.49. The Bertz CT molecular complexity index is 265. The van der Waals surface area contributed by atoms with Crippen LogP contribution >= 0.6 is 10.7 Å². The fourth-order valence-corrected chi connectivity index (χ4v) is 3.05. The Labute approximate surface area is 110 Å². The number of halogens is 1. The Morgan fingerprint density at radius 3 is 2.29 bits per heavy atom. The van der Waals surface area contributed by atoms with Crippen molar-refractivity contribution in [3.05, 3.63) is 0 Å². The van der Waals surface area contributed by atoms with Gasteiger partial charge in [0.15, 0.2) is 0 Å². The Hall–Kier alpha value is 0.200. The number of rotatable bonds is 11. The van der Waals surface area contributed by atoms with E-state index in [0.29, 0.717) is 6.61 Å². The fourth-order valence-electron chi connectivity index (χ4n) is 1.62. The maximum absolute atomic E-state index is 10.9. The van der Waals surface area contributed by atoms with E-state index in [1.807, 2.05) is 6.92 Å². The zero-order valence-corrected chi connectivity index (χ0v) is 12.5. The summed E-state index contributed by atoms with van der Waals surface area (Å²) in [7, 11) is 1.82. The Morgan fingerprint density at radius 1 is 1.12 bits per heavy atom. The first kappa shape index (κ1) is 17.2. The third-order valence-corrected chi connectivity index (χ3v) is 4.01. The van der Waals surface area contributed by atoms with Gasteiger partial charge in [-0.2, -0.15) is 0 Å². The van der Waals surface area contributed by atoms with E-state index in [9.17, 15) is 8.42 Å². The zero-order chi connectivity index (χ0) is 13.1. The molecule has 5 heteroatoms. The van der Waals surface area contributed by atoms with E-state index in [0.717, 1.165) is 19.4 Å². The van der Waals surface area contributed by atoms with Gasteiger partial charge in [-0.25, -0.2) is 8.42 Å². The molecule has 1 atom stereocenters. The van der Waals surface area contributed by atoms with Crippen molar-refractivity contribution in [2.24, 2.45) is 5.92 Å². The van der Waals surface area contributed by atoms with Gasteiger partial charge in [0.05, 0.1) is 12.4 Å². The van der Waals surface area contributed by atoms with Gasteiger partial charge in [-0.05, 0) is 12.3 Å². The number of hydrogen-bond donors (Lipinski definition) is 0.